The monoisotopic (exact) mass is 273 g/mol. The molecule has 2 rings (SSSR count). The molecule has 2 aromatic rings. The molecule has 1 atom stereocenters. The molecular formula is C17H20FNO. The first-order valence-electron chi connectivity index (χ1n) is 6.92. The van der Waals surface area contributed by atoms with Gasteiger partial charge in [0.15, 0.2) is 0 Å². The number of nitrogens with two attached hydrogens (primary N) is 1. The number of benzene rings is 2. The molecule has 20 heavy (non-hydrogen) atoms. The highest BCUT2D eigenvalue weighted by Crippen LogP contribution is 2.29. The Kier molecular flexibility index (Phi) is 4.74. The molecule has 0 spiro atoms. The summed E-state index contributed by atoms with van der Waals surface area (Å²) >= 11 is 0. The van der Waals surface area contributed by atoms with Gasteiger partial charge in [0.25, 0.3) is 0 Å². The van der Waals surface area contributed by atoms with Crippen LogP contribution in [0.4, 0.5) is 4.39 Å². The first kappa shape index (κ1) is 14.5. The van der Waals surface area contributed by atoms with Crippen molar-refractivity contribution in [2.45, 2.75) is 32.7 Å². The van der Waals surface area contributed by atoms with Crippen LogP contribution in [-0.4, -0.2) is 0 Å². The SMILES string of the molecule is CCCc1ccc(Oc2ccc(F)cc2[C@H](C)N)cc1. The Hall–Kier alpha value is -1.87. The molecule has 0 unspecified atom stereocenters. The summed E-state index contributed by atoms with van der Waals surface area (Å²) in [6, 6.07) is 12.1. The summed E-state index contributed by atoms with van der Waals surface area (Å²) in [6.07, 6.45) is 2.18. The van der Waals surface area contributed by atoms with E-state index >= 15 is 0 Å². The molecule has 0 fully saturated rings. The fourth-order valence-corrected chi connectivity index (χ4v) is 2.11. The second kappa shape index (κ2) is 6.53. The van der Waals surface area contributed by atoms with Crippen LogP contribution in [0.2, 0.25) is 0 Å². The van der Waals surface area contributed by atoms with Crippen LogP contribution in [0, 0.1) is 5.82 Å². The molecule has 106 valence electrons. The largest absolute Gasteiger partial charge is 0.457 e. The molecule has 3 heteroatoms. The third-order valence-electron chi connectivity index (χ3n) is 3.15. The number of aryl methyl sites for hydroxylation is 1. The number of hydrogen-bond acceptors (Lipinski definition) is 2. The highest BCUT2D eigenvalue weighted by Gasteiger charge is 2.10. The van der Waals surface area contributed by atoms with Gasteiger partial charge in [0, 0.05) is 11.6 Å². The molecule has 0 aromatic heterocycles. The zero-order valence-corrected chi connectivity index (χ0v) is 11.9. The van der Waals surface area contributed by atoms with Crippen LogP contribution < -0.4 is 10.5 Å². The number of hydrogen-bond donors (Lipinski definition) is 1. The molecule has 0 bridgehead atoms. The van der Waals surface area contributed by atoms with Gasteiger partial charge in [-0.3, -0.25) is 0 Å². The van der Waals surface area contributed by atoms with Gasteiger partial charge in [-0.15, -0.1) is 0 Å². The van der Waals surface area contributed by atoms with Crippen molar-refractivity contribution in [1.82, 2.24) is 0 Å². The standard InChI is InChI=1S/C17H20FNO/c1-3-4-13-5-8-15(9-6-13)20-17-10-7-14(18)11-16(17)12(2)19/h5-12H,3-4,19H2,1-2H3/t12-/m0/s1. The van der Waals surface area contributed by atoms with Crippen molar-refractivity contribution in [2.24, 2.45) is 5.73 Å². The summed E-state index contributed by atoms with van der Waals surface area (Å²) in [5.41, 5.74) is 7.81. The first-order valence-corrected chi connectivity index (χ1v) is 6.92. The predicted molar refractivity (Wildman–Crippen MR) is 79.5 cm³/mol. The predicted octanol–water partition coefficient (Wildman–Crippen LogP) is 4.59. The van der Waals surface area contributed by atoms with Gasteiger partial charge in [0.05, 0.1) is 0 Å². The Morgan fingerprint density at radius 3 is 2.45 bits per heavy atom. The maximum absolute atomic E-state index is 13.3. The lowest BCUT2D eigenvalue weighted by Crippen LogP contribution is -2.07. The lowest BCUT2D eigenvalue weighted by atomic mass is 10.1. The Bertz CT molecular complexity index is 564. The maximum Gasteiger partial charge on any atom is 0.132 e. The summed E-state index contributed by atoms with van der Waals surface area (Å²) in [7, 11) is 0. The normalized spacial score (nSPS) is 12.2. The van der Waals surface area contributed by atoms with E-state index in [4.69, 9.17) is 10.5 Å². The third kappa shape index (κ3) is 3.58. The van der Waals surface area contributed by atoms with Gasteiger partial charge >= 0.3 is 0 Å². The lowest BCUT2D eigenvalue weighted by molar-refractivity contribution is 0.469. The average molecular weight is 273 g/mol. The first-order chi connectivity index (χ1) is 9.60. The highest BCUT2D eigenvalue weighted by atomic mass is 19.1. The van der Waals surface area contributed by atoms with Crippen molar-refractivity contribution in [3.05, 3.63) is 59.4 Å². The van der Waals surface area contributed by atoms with Gasteiger partial charge in [-0.05, 0) is 49.2 Å². The lowest BCUT2D eigenvalue weighted by Gasteiger charge is -2.14. The molecular weight excluding hydrogens is 253 g/mol. The van der Waals surface area contributed by atoms with Crippen molar-refractivity contribution in [1.29, 1.82) is 0 Å². The van der Waals surface area contributed by atoms with Crippen molar-refractivity contribution in [2.75, 3.05) is 0 Å². The van der Waals surface area contributed by atoms with E-state index in [0.29, 0.717) is 11.3 Å². The van der Waals surface area contributed by atoms with Crippen molar-refractivity contribution >= 4 is 0 Å². The van der Waals surface area contributed by atoms with E-state index in [-0.39, 0.29) is 11.9 Å². The number of halogens is 1. The van der Waals surface area contributed by atoms with Gasteiger partial charge in [0.1, 0.15) is 17.3 Å². The molecule has 0 saturated heterocycles. The number of ether oxygens (including phenoxy) is 1. The Balaban J connectivity index is 2.21. The van der Waals surface area contributed by atoms with E-state index in [2.05, 4.69) is 6.92 Å². The minimum atomic E-state index is -0.303. The van der Waals surface area contributed by atoms with E-state index in [1.54, 1.807) is 6.07 Å². The minimum Gasteiger partial charge on any atom is -0.457 e. The van der Waals surface area contributed by atoms with E-state index in [9.17, 15) is 4.39 Å². The van der Waals surface area contributed by atoms with Gasteiger partial charge in [-0.2, -0.15) is 0 Å². The zero-order valence-electron chi connectivity index (χ0n) is 11.9. The van der Waals surface area contributed by atoms with Crippen LogP contribution >= 0.6 is 0 Å². The fraction of sp³-hybridized carbons (Fsp3) is 0.294. The van der Waals surface area contributed by atoms with E-state index < -0.39 is 0 Å². The number of rotatable bonds is 5. The van der Waals surface area contributed by atoms with Crippen LogP contribution in [0.3, 0.4) is 0 Å². The molecule has 0 aliphatic rings. The molecule has 2 N–H and O–H groups in total. The van der Waals surface area contributed by atoms with Crippen LogP contribution in [0.5, 0.6) is 11.5 Å². The Morgan fingerprint density at radius 2 is 1.85 bits per heavy atom. The average Bonchev–Trinajstić information content (AvgIpc) is 2.43. The van der Waals surface area contributed by atoms with E-state index in [1.807, 2.05) is 31.2 Å². The summed E-state index contributed by atoms with van der Waals surface area (Å²) < 4.78 is 19.1. The minimum absolute atomic E-state index is 0.278. The quantitative estimate of drug-likeness (QED) is 0.864. The molecule has 0 aliphatic heterocycles. The van der Waals surface area contributed by atoms with Gasteiger partial charge in [-0.1, -0.05) is 25.5 Å². The van der Waals surface area contributed by atoms with E-state index in [0.717, 1.165) is 18.6 Å². The maximum atomic E-state index is 13.3. The van der Waals surface area contributed by atoms with Crippen LogP contribution in [0.25, 0.3) is 0 Å². The summed E-state index contributed by atoms with van der Waals surface area (Å²) in [5.74, 6) is 1.03. The van der Waals surface area contributed by atoms with E-state index in [1.165, 1.54) is 17.7 Å². The Labute approximate surface area is 119 Å². The van der Waals surface area contributed by atoms with Crippen molar-refractivity contribution in [3.8, 4) is 11.5 Å². The highest BCUT2D eigenvalue weighted by molar-refractivity contribution is 5.40. The zero-order chi connectivity index (χ0) is 14.5. The van der Waals surface area contributed by atoms with Gasteiger partial charge in [0.2, 0.25) is 0 Å². The second-order valence-corrected chi connectivity index (χ2v) is 4.97. The molecule has 2 nitrogen and oxygen atoms in total. The second-order valence-electron chi connectivity index (χ2n) is 4.97. The summed E-state index contributed by atoms with van der Waals surface area (Å²) in [4.78, 5) is 0. The van der Waals surface area contributed by atoms with Crippen molar-refractivity contribution in [3.63, 3.8) is 0 Å². The van der Waals surface area contributed by atoms with Crippen LogP contribution in [-0.2, 0) is 6.42 Å². The Morgan fingerprint density at radius 1 is 1.15 bits per heavy atom. The third-order valence-corrected chi connectivity index (χ3v) is 3.15. The molecule has 0 aliphatic carbocycles. The fourth-order valence-electron chi connectivity index (χ4n) is 2.11. The van der Waals surface area contributed by atoms with Gasteiger partial charge < -0.3 is 10.5 Å². The topological polar surface area (TPSA) is 35.2 Å². The van der Waals surface area contributed by atoms with Crippen LogP contribution in [0.15, 0.2) is 42.5 Å². The summed E-state index contributed by atoms with van der Waals surface area (Å²) in [6.45, 7) is 3.96. The van der Waals surface area contributed by atoms with Crippen LogP contribution in [0.1, 0.15) is 37.4 Å². The molecule has 0 amide bonds. The molecule has 0 heterocycles. The van der Waals surface area contributed by atoms with Crippen molar-refractivity contribution < 1.29 is 9.13 Å². The summed E-state index contributed by atoms with van der Waals surface area (Å²) in [5, 5.41) is 0. The smallest absolute Gasteiger partial charge is 0.132 e. The molecule has 2 aromatic carbocycles. The molecule has 0 radical (unpaired) electrons. The molecule has 0 saturated carbocycles. The van der Waals surface area contributed by atoms with Gasteiger partial charge in [-0.25, -0.2) is 4.39 Å².